The molecule has 0 atom stereocenters. The molecule has 130 valence electrons. The summed E-state index contributed by atoms with van der Waals surface area (Å²) in [5.41, 5.74) is 3.37. The van der Waals surface area contributed by atoms with E-state index in [1.807, 2.05) is 43.3 Å². The summed E-state index contributed by atoms with van der Waals surface area (Å²) in [4.78, 5) is 0. The molecule has 7 heteroatoms. The standard InChI is InChI=1S/C18H17Cl2N3O2/c1-12-2-6-15(7-3-12)23-17(18(24)25-22-23)11-21-9-8-13-4-5-14(19)10-16(13)20/h2-7,10,21H,8-9,11H2,1H3. The maximum absolute atomic E-state index is 11.9. The smallest absolute Gasteiger partial charge is 0.253 e. The number of nitrogens with one attached hydrogen (secondary N) is 1. The number of benzene rings is 2. The molecule has 0 amide bonds. The van der Waals surface area contributed by atoms with Gasteiger partial charge in [-0.3, -0.25) is 0 Å². The van der Waals surface area contributed by atoms with Gasteiger partial charge in [-0.2, -0.15) is 0 Å². The summed E-state index contributed by atoms with van der Waals surface area (Å²) in [5, 5.41) is 20.2. The molecule has 0 aliphatic heterocycles. The highest BCUT2D eigenvalue weighted by atomic mass is 35.5. The lowest BCUT2D eigenvalue weighted by Crippen LogP contribution is -2.39. The lowest BCUT2D eigenvalue weighted by molar-refractivity contribution is -0.677. The van der Waals surface area contributed by atoms with E-state index in [-0.39, 0.29) is 0 Å². The van der Waals surface area contributed by atoms with Gasteiger partial charge in [-0.15, -0.1) is 0 Å². The molecule has 2 aromatic carbocycles. The van der Waals surface area contributed by atoms with Crippen LogP contribution in [0.2, 0.25) is 10.0 Å². The molecule has 0 saturated carbocycles. The third kappa shape index (κ3) is 4.31. The minimum absolute atomic E-state index is 0.349. The summed E-state index contributed by atoms with van der Waals surface area (Å²) in [5.74, 6) is -0.447. The van der Waals surface area contributed by atoms with Crippen molar-refractivity contribution in [2.45, 2.75) is 19.9 Å². The van der Waals surface area contributed by atoms with Gasteiger partial charge in [-0.25, -0.2) is 0 Å². The Morgan fingerprint density at radius 3 is 2.64 bits per heavy atom. The van der Waals surface area contributed by atoms with Crippen molar-refractivity contribution < 1.29 is 14.3 Å². The van der Waals surface area contributed by atoms with E-state index >= 15 is 0 Å². The molecule has 0 fully saturated rings. The van der Waals surface area contributed by atoms with Gasteiger partial charge in [-0.1, -0.05) is 47.0 Å². The van der Waals surface area contributed by atoms with Crippen molar-refractivity contribution in [3.63, 3.8) is 0 Å². The van der Waals surface area contributed by atoms with Crippen LogP contribution in [0.15, 0.2) is 47.0 Å². The molecule has 1 aromatic heterocycles. The molecule has 1 N–H and O–H groups in total. The van der Waals surface area contributed by atoms with E-state index in [9.17, 15) is 5.11 Å². The first-order valence-electron chi connectivity index (χ1n) is 7.84. The maximum Gasteiger partial charge on any atom is 0.253 e. The van der Waals surface area contributed by atoms with E-state index < -0.39 is 5.95 Å². The van der Waals surface area contributed by atoms with E-state index in [1.165, 1.54) is 4.68 Å². The molecule has 0 spiro atoms. The number of aromatic nitrogens is 2. The fourth-order valence-corrected chi connectivity index (χ4v) is 2.96. The first kappa shape index (κ1) is 17.7. The fourth-order valence-electron chi connectivity index (χ4n) is 2.46. The van der Waals surface area contributed by atoms with E-state index in [2.05, 4.69) is 10.6 Å². The number of hydrogen-bond donors (Lipinski definition) is 1. The summed E-state index contributed by atoms with van der Waals surface area (Å²) < 4.78 is 6.33. The second kappa shape index (κ2) is 7.87. The molecule has 0 saturated heterocycles. The van der Waals surface area contributed by atoms with Crippen molar-refractivity contribution in [3.8, 4) is 11.6 Å². The monoisotopic (exact) mass is 377 g/mol. The summed E-state index contributed by atoms with van der Waals surface area (Å²) in [6.45, 7) is 3.00. The minimum Gasteiger partial charge on any atom is -0.539 e. The number of rotatable bonds is 6. The lowest BCUT2D eigenvalue weighted by Gasteiger charge is -2.06. The molecule has 1 heterocycles. The molecule has 25 heavy (non-hydrogen) atoms. The SMILES string of the molecule is Cc1ccc(-[n+]2noc([O-])c2CNCCc2ccc(Cl)cc2Cl)cc1. The maximum atomic E-state index is 11.9. The summed E-state index contributed by atoms with van der Waals surface area (Å²) in [6, 6.07) is 13.1. The largest absolute Gasteiger partial charge is 0.539 e. The van der Waals surface area contributed by atoms with E-state index in [1.54, 1.807) is 6.07 Å². The van der Waals surface area contributed by atoms with Gasteiger partial charge in [0.25, 0.3) is 5.69 Å². The summed E-state index contributed by atoms with van der Waals surface area (Å²) in [7, 11) is 0. The molecule has 0 radical (unpaired) electrons. The van der Waals surface area contributed by atoms with Crippen LogP contribution in [-0.4, -0.2) is 11.8 Å². The lowest BCUT2D eigenvalue weighted by atomic mass is 10.1. The summed E-state index contributed by atoms with van der Waals surface area (Å²) in [6.07, 6.45) is 0.722. The normalized spacial score (nSPS) is 11.0. The summed E-state index contributed by atoms with van der Waals surface area (Å²) >= 11 is 12.1. The molecular weight excluding hydrogens is 361 g/mol. The van der Waals surface area contributed by atoms with Gasteiger partial charge in [0.2, 0.25) is 5.69 Å². The fraction of sp³-hybridized carbons (Fsp3) is 0.222. The average molecular weight is 378 g/mol. The Morgan fingerprint density at radius 2 is 1.92 bits per heavy atom. The molecule has 0 aliphatic carbocycles. The van der Waals surface area contributed by atoms with Crippen molar-refractivity contribution in [1.29, 1.82) is 0 Å². The van der Waals surface area contributed by atoms with Crippen LogP contribution in [-0.2, 0) is 13.0 Å². The Bertz CT molecular complexity index is 863. The zero-order valence-electron chi connectivity index (χ0n) is 13.6. The van der Waals surface area contributed by atoms with Gasteiger partial charge in [0.05, 0.1) is 11.8 Å². The molecule has 0 unspecified atom stereocenters. The van der Waals surface area contributed by atoms with Gasteiger partial charge in [0, 0.05) is 22.2 Å². The van der Waals surface area contributed by atoms with Crippen LogP contribution in [0.4, 0.5) is 0 Å². The van der Waals surface area contributed by atoms with Gasteiger partial charge >= 0.3 is 0 Å². The van der Waals surface area contributed by atoms with Crippen LogP contribution in [0.3, 0.4) is 0 Å². The second-order valence-electron chi connectivity index (χ2n) is 5.72. The van der Waals surface area contributed by atoms with Crippen molar-refractivity contribution in [1.82, 2.24) is 10.6 Å². The number of nitrogens with zero attached hydrogens (tertiary/aromatic N) is 2. The minimum atomic E-state index is -0.447. The Hall–Kier alpha value is -2.08. The van der Waals surface area contributed by atoms with E-state index in [0.717, 1.165) is 23.2 Å². The highest BCUT2D eigenvalue weighted by Crippen LogP contribution is 2.21. The van der Waals surface area contributed by atoms with Crippen LogP contribution in [0, 0.1) is 6.92 Å². The Kier molecular flexibility index (Phi) is 5.58. The van der Waals surface area contributed by atoms with Crippen molar-refractivity contribution in [2.75, 3.05) is 6.54 Å². The van der Waals surface area contributed by atoms with Crippen molar-refractivity contribution in [2.24, 2.45) is 0 Å². The van der Waals surface area contributed by atoms with Gasteiger partial charge in [0.15, 0.2) is 5.95 Å². The highest BCUT2D eigenvalue weighted by molar-refractivity contribution is 6.35. The van der Waals surface area contributed by atoms with E-state index in [4.69, 9.17) is 27.7 Å². The van der Waals surface area contributed by atoms with Crippen LogP contribution in [0.1, 0.15) is 16.8 Å². The Labute approximate surface area is 155 Å². The number of aryl methyl sites for hydroxylation is 1. The molecular formula is C18H17Cl2N3O2. The first-order chi connectivity index (χ1) is 12.0. The van der Waals surface area contributed by atoms with Gasteiger partial charge < -0.3 is 14.9 Å². The zero-order chi connectivity index (χ0) is 17.8. The molecule has 0 bridgehead atoms. The first-order valence-corrected chi connectivity index (χ1v) is 8.60. The van der Waals surface area contributed by atoms with Gasteiger partial charge in [0.1, 0.15) is 0 Å². The molecule has 0 aliphatic rings. The van der Waals surface area contributed by atoms with Gasteiger partial charge in [-0.05, 0) is 42.3 Å². The quantitative estimate of drug-likeness (QED) is 0.529. The van der Waals surface area contributed by atoms with Crippen LogP contribution in [0.25, 0.3) is 5.69 Å². The Balaban J connectivity index is 1.63. The van der Waals surface area contributed by atoms with Crippen LogP contribution in [0.5, 0.6) is 5.95 Å². The second-order valence-corrected chi connectivity index (χ2v) is 6.56. The van der Waals surface area contributed by atoms with Crippen LogP contribution >= 0.6 is 23.2 Å². The molecule has 3 aromatic rings. The molecule has 5 nitrogen and oxygen atoms in total. The Morgan fingerprint density at radius 1 is 1.16 bits per heavy atom. The van der Waals surface area contributed by atoms with Crippen molar-refractivity contribution in [3.05, 3.63) is 69.3 Å². The number of hydrogen-bond acceptors (Lipinski definition) is 4. The average Bonchev–Trinajstić information content (AvgIpc) is 2.95. The van der Waals surface area contributed by atoms with E-state index in [0.29, 0.717) is 28.8 Å². The van der Waals surface area contributed by atoms with Crippen molar-refractivity contribution >= 4 is 23.2 Å². The highest BCUT2D eigenvalue weighted by Gasteiger charge is 2.19. The third-order valence-electron chi connectivity index (χ3n) is 3.85. The predicted octanol–water partition coefficient (Wildman–Crippen LogP) is 2.97. The zero-order valence-corrected chi connectivity index (χ0v) is 15.1. The molecule has 3 rings (SSSR count). The predicted molar refractivity (Wildman–Crippen MR) is 94.1 cm³/mol. The van der Waals surface area contributed by atoms with Crippen LogP contribution < -0.4 is 15.1 Å². The number of halogens is 2. The topological polar surface area (TPSA) is 65.0 Å². The third-order valence-corrected chi connectivity index (χ3v) is 4.44.